The maximum absolute atomic E-state index is 9.92. The molecular weight excluding hydrogens is 258 g/mol. The minimum atomic E-state index is -0.778. The summed E-state index contributed by atoms with van der Waals surface area (Å²) in [5.74, 6) is 0.0211. The second-order valence-electron chi connectivity index (χ2n) is 6.08. The molecule has 0 amide bonds. The van der Waals surface area contributed by atoms with Gasteiger partial charge in [0.1, 0.15) is 6.10 Å². The van der Waals surface area contributed by atoms with E-state index in [4.69, 9.17) is 14.7 Å². The van der Waals surface area contributed by atoms with Crippen molar-refractivity contribution in [1.29, 1.82) is 5.26 Å². The van der Waals surface area contributed by atoms with E-state index in [9.17, 15) is 10.2 Å². The highest BCUT2D eigenvalue weighted by molar-refractivity contribution is 4.85. The van der Waals surface area contributed by atoms with Crippen LogP contribution in [0.1, 0.15) is 45.4 Å². The summed E-state index contributed by atoms with van der Waals surface area (Å²) in [5, 5.41) is 28.4. The van der Waals surface area contributed by atoms with E-state index >= 15 is 0 Å². The molecule has 2 aliphatic rings. The van der Waals surface area contributed by atoms with E-state index in [2.05, 4.69) is 6.07 Å². The molecule has 0 spiro atoms. The quantitative estimate of drug-likeness (QED) is 0.814. The number of rotatable bonds is 4. The Labute approximate surface area is 120 Å². The lowest BCUT2D eigenvalue weighted by Gasteiger charge is -2.37. The van der Waals surface area contributed by atoms with Crippen LogP contribution in [0.25, 0.3) is 0 Å². The number of hydrogen-bond donors (Lipinski definition) is 2. The van der Waals surface area contributed by atoms with Crippen molar-refractivity contribution in [3.8, 4) is 6.07 Å². The molecule has 0 aromatic heterocycles. The van der Waals surface area contributed by atoms with Crippen molar-refractivity contribution >= 4 is 0 Å². The van der Waals surface area contributed by atoms with Gasteiger partial charge in [-0.1, -0.05) is 0 Å². The summed E-state index contributed by atoms with van der Waals surface area (Å²) < 4.78 is 11.6. The summed E-state index contributed by atoms with van der Waals surface area (Å²) in [5.41, 5.74) is 0. The zero-order valence-corrected chi connectivity index (χ0v) is 12.1. The van der Waals surface area contributed by atoms with Gasteiger partial charge in [-0.25, -0.2) is 0 Å². The molecule has 1 aliphatic heterocycles. The first kappa shape index (κ1) is 15.7. The molecule has 0 radical (unpaired) electrons. The summed E-state index contributed by atoms with van der Waals surface area (Å²) >= 11 is 0. The topological polar surface area (TPSA) is 82.7 Å². The van der Waals surface area contributed by atoms with E-state index in [-0.39, 0.29) is 24.2 Å². The van der Waals surface area contributed by atoms with Gasteiger partial charge in [0.05, 0.1) is 37.1 Å². The molecule has 2 N–H and O–H groups in total. The minimum Gasteiger partial charge on any atom is -0.390 e. The highest BCUT2D eigenvalue weighted by Crippen LogP contribution is 2.27. The standard InChI is InChI=1S/C15H25NO4/c1-10(8-16)7-11-5-6-12(9-19-11)20-14-4-2-3-13(17)15(14)18/h10-15,17-18H,2-7,9H2,1H3/t10-,11-,12+,13-,14-,15-/m1/s1. The number of ether oxygens (including phenoxy) is 2. The lowest BCUT2D eigenvalue weighted by Crippen LogP contribution is -2.46. The summed E-state index contributed by atoms with van der Waals surface area (Å²) in [6.45, 7) is 2.42. The van der Waals surface area contributed by atoms with Crippen LogP contribution in [-0.2, 0) is 9.47 Å². The Morgan fingerprint density at radius 2 is 2.10 bits per heavy atom. The lowest BCUT2D eigenvalue weighted by molar-refractivity contribution is -0.167. The van der Waals surface area contributed by atoms with E-state index < -0.39 is 12.2 Å². The Hall–Kier alpha value is -0.670. The first-order valence-corrected chi connectivity index (χ1v) is 7.63. The molecule has 2 rings (SSSR count). The van der Waals surface area contributed by atoms with Gasteiger partial charge in [-0.2, -0.15) is 5.26 Å². The Balaban J connectivity index is 1.73. The van der Waals surface area contributed by atoms with Crippen molar-refractivity contribution in [2.24, 2.45) is 5.92 Å². The Morgan fingerprint density at radius 1 is 1.30 bits per heavy atom. The first-order valence-electron chi connectivity index (χ1n) is 7.63. The highest BCUT2D eigenvalue weighted by atomic mass is 16.6. The molecule has 1 saturated heterocycles. The number of nitrogens with zero attached hydrogens (tertiary/aromatic N) is 1. The molecule has 0 bridgehead atoms. The molecule has 1 aliphatic carbocycles. The third-order valence-corrected chi connectivity index (χ3v) is 4.30. The van der Waals surface area contributed by atoms with Gasteiger partial charge in [-0.15, -0.1) is 0 Å². The van der Waals surface area contributed by atoms with E-state index in [1.54, 1.807) is 0 Å². The van der Waals surface area contributed by atoms with E-state index in [0.29, 0.717) is 13.0 Å². The van der Waals surface area contributed by atoms with Crippen LogP contribution in [0.3, 0.4) is 0 Å². The molecule has 6 atom stereocenters. The van der Waals surface area contributed by atoms with Gasteiger partial charge in [0.2, 0.25) is 0 Å². The van der Waals surface area contributed by atoms with Crippen LogP contribution in [0, 0.1) is 17.2 Å². The van der Waals surface area contributed by atoms with Crippen LogP contribution in [0.5, 0.6) is 0 Å². The van der Waals surface area contributed by atoms with E-state index in [0.717, 1.165) is 32.1 Å². The fraction of sp³-hybridized carbons (Fsp3) is 0.933. The lowest BCUT2D eigenvalue weighted by atomic mass is 9.91. The Kier molecular flexibility index (Phi) is 5.79. The molecule has 114 valence electrons. The summed E-state index contributed by atoms with van der Waals surface area (Å²) in [7, 11) is 0. The van der Waals surface area contributed by atoms with E-state index in [1.165, 1.54) is 0 Å². The first-order chi connectivity index (χ1) is 9.60. The molecule has 0 aromatic rings. The van der Waals surface area contributed by atoms with Crippen LogP contribution in [0.4, 0.5) is 0 Å². The predicted octanol–water partition coefficient (Wildman–Crippen LogP) is 1.37. The van der Waals surface area contributed by atoms with Gasteiger partial charge in [-0.05, 0) is 45.4 Å². The van der Waals surface area contributed by atoms with Crippen LogP contribution < -0.4 is 0 Å². The maximum atomic E-state index is 9.92. The fourth-order valence-electron chi connectivity index (χ4n) is 3.04. The van der Waals surface area contributed by atoms with Gasteiger partial charge < -0.3 is 19.7 Å². The van der Waals surface area contributed by atoms with Crippen LogP contribution in [-0.4, -0.2) is 47.3 Å². The van der Waals surface area contributed by atoms with E-state index in [1.807, 2.05) is 6.92 Å². The zero-order chi connectivity index (χ0) is 14.5. The van der Waals surface area contributed by atoms with Crippen LogP contribution in [0.2, 0.25) is 0 Å². The average molecular weight is 283 g/mol. The van der Waals surface area contributed by atoms with Gasteiger partial charge in [-0.3, -0.25) is 0 Å². The monoisotopic (exact) mass is 283 g/mol. The molecule has 0 aromatic carbocycles. The molecule has 1 saturated carbocycles. The van der Waals surface area contributed by atoms with Crippen LogP contribution in [0.15, 0.2) is 0 Å². The van der Waals surface area contributed by atoms with Crippen molar-refractivity contribution in [2.45, 2.75) is 76.0 Å². The van der Waals surface area contributed by atoms with Crippen LogP contribution >= 0.6 is 0 Å². The Morgan fingerprint density at radius 3 is 2.75 bits per heavy atom. The number of aliphatic hydroxyl groups excluding tert-OH is 2. The molecule has 5 heteroatoms. The second kappa shape index (κ2) is 7.37. The summed E-state index contributed by atoms with van der Waals surface area (Å²) in [6, 6.07) is 2.23. The number of hydrogen-bond acceptors (Lipinski definition) is 5. The fourth-order valence-corrected chi connectivity index (χ4v) is 3.04. The SMILES string of the molecule is C[C@@H](C#N)C[C@H]1CC[C@H](O[C@@H]2CCC[C@@H](O)[C@H]2O)CO1. The summed E-state index contributed by atoms with van der Waals surface area (Å²) in [4.78, 5) is 0. The van der Waals surface area contributed by atoms with Crippen molar-refractivity contribution in [3.63, 3.8) is 0 Å². The third-order valence-electron chi connectivity index (χ3n) is 4.30. The highest BCUT2D eigenvalue weighted by Gasteiger charge is 2.34. The molecule has 0 unspecified atom stereocenters. The van der Waals surface area contributed by atoms with Crippen molar-refractivity contribution < 1.29 is 19.7 Å². The largest absolute Gasteiger partial charge is 0.390 e. The van der Waals surface area contributed by atoms with Gasteiger partial charge in [0.25, 0.3) is 0 Å². The zero-order valence-electron chi connectivity index (χ0n) is 12.1. The minimum absolute atomic E-state index is 0.00593. The number of nitriles is 1. The molecular formula is C15H25NO4. The summed E-state index contributed by atoms with van der Waals surface area (Å²) in [6.07, 6.45) is 3.31. The van der Waals surface area contributed by atoms with Crippen molar-refractivity contribution in [2.75, 3.05) is 6.61 Å². The molecule has 1 heterocycles. The third kappa shape index (κ3) is 4.16. The average Bonchev–Trinajstić information content (AvgIpc) is 2.46. The number of aliphatic hydroxyl groups is 2. The Bertz CT molecular complexity index is 335. The second-order valence-corrected chi connectivity index (χ2v) is 6.08. The van der Waals surface area contributed by atoms with Gasteiger partial charge in [0, 0.05) is 5.92 Å². The van der Waals surface area contributed by atoms with Crippen molar-refractivity contribution in [3.05, 3.63) is 0 Å². The van der Waals surface area contributed by atoms with Gasteiger partial charge in [0.15, 0.2) is 0 Å². The molecule has 5 nitrogen and oxygen atoms in total. The smallest absolute Gasteiger partial charge is 0.106 e. The molecule has 20 heavy (non-hydrogen) atoms. The predicted molar refractivity (Wildman–Crippen MR) is 72.9 cm³/mol. The molecule has 2 fully saturated rings. The van der Waals surface area contributed by atoms with Gasteiger partial charge >= 0.3 is 0 Å². The maximum Gasteiger partial charge on any atom is 0.106 e. The van der Waals surface area contributed by atoms with Crippen molar-refractivity contribution in [1.82, 2.24) is 0 Å². The normalized spacial score (nSPS) is 40.0.